The zero-order chi connectivity index (χ0) is 16.2. The maximum atomic E-state index is 11.0. The summed E-state index contributed by atoms with van der Waals surface area (Å²) in [4.78, 5) is 6.49. The number of rotatable bonds is 7. The molecule has 0 unspecified atom stereocenters. The first-order chi connectivity index (χ1) is 10.4. The molecule has 0 amide bonds. The van der Waals surface area contributed by atoms with Crippen molar-refractivity contribution >= 4 is 16.1 Å². The fourth-order valence-corrected chi connectivity index (χ4v) is 3.20. The van der Waals surface area contributed by atoms with Crippen LogP contribution in [0.4, 0.5) is 6.01 Å². The maximum absolute atomic E-state index is 11.0. The Balaban J connectivity index is 1.76. The lowest BCUT2D eigenvalue weighted by molar-refractivity contribution is 0.224. The lowest BCUT2D eigenvalue weighted by Gasteiger charge is -2.33. The molecular formula is C14H25N3O4S. The van der Waals surface area contributed by atoms with Gasteiger partial charge < -0.3 is 9.42 Å². The van der Waals surface area contributed by atoms with Crippen LogP contribution in [0.3, 0.4) is 0 Å². The number of hydrogen-bond acceptors (Lipinski definition) is 7. The summed E-state index contributed by atoms with van der Waals surface area (Å²) in [6.45, 7) is 6.22. The predicted octanol–water partition coefficient (Wildman–Crippen LogP) is 1.85. The number of aromatic nitrogens is 2. The van der Waals surface area contributed by atoms with Crippen LogP contribution in [0.25, 0.3) is 0 Å². The van der Waals surface area contributed by atoms with E-state index in [1.165, 1.54) is 0 Å². The van der Waals surface area contributed by atoms with E-state index in [1.807, 2.05) is 6.92 Å². The molecule has 0 aromatic carbocycles. The second kappa shape index (κ2) is 7.41. The van der Waals surface area contributed by atoms with Gasteiger partial charge in [-0.1, -0.05) is 19.0 Å². The highest BCUT2D eigenvalue weighted by Gasteiger charge is 2.26. The standard InChI is InChI=1S/C14H25N3O4S/c1-4-13-15-14(21-16-13)17-8-5-12(6-9-17)11(2)7-10-20-22(3,18)19/h11-12H,4-10H2,1-3H3/t11-/m1/s1. The second-order valence-corrected chi connectivity index (χ2v) is 7.61. The summed E-state index contributed by atoms with van der Waals surface area (Å²) in [5, 5.41) is 3.93. The van der Waals surface area contributed by atoms with E-state index in [0.717, 1.165) is 50.9 Å². The zero-order valence-electron chi connectivity index (χ0n) is 13.5. The molecule has 7 nitrogen and oxygen atoms in total. The Morgan fingerprint density at radius 2 is 2.09 bits per heavy atom. The van der Waals surface area contributed by atoms with Gasteiger partial charge in [0.05, 0.1) is 12.9 Å². The van der Waals surface area contributed by atoms with E-state index in [-0.39, 0.29) is 6.61 Å². The molecule has 2 heterocycles. The van der Waals surface area contributed by atoms with E-state index in [0.29, 0.717) is 17.9 Å². The minimum absolute atomic E-state index is 0.268. The Morgan fingerprint density at radius 3 is 2.64 bits per heavy atom. The number of aryl methyl sites for hydroxylation is 1. The third-order valence-electron chi connectivity index (χ3n) is 4.26. The summed E-state index contributed by atoms with van der Waals surface area (Å²) in [6.07, 6.45) is 4.72. The van der Waals surface area contributed by atoms with Crippen LogP contribution in [0.5, 0.6) is 0 Å². The quantitative estimate of drug-likeness (QED) is 0.705. The minimum atomic E-state index is -3.33. The van der Waals surface area contributed by atoms with Crippen LogP contribution in [-0.4, -0.2) is 44.5 Å². The maximum Gasteiger partial charge on any atom is 0.324 e. The molecule has 1 aliphatic heterocycles. The van der Waals surface area contributed by atoms with Gasteiger partial charge >= 0.3 is 6.01 Å². The van der Waals surface area contributed by atoms with E-state index in [2.05, 4.69) is 22.0 Å². The Bertz CT molecular complexity index is 564. The molecule has 0 aliphatic carbocycles. The molecule has 0 saturated carbocycles. The lowest BCUT2D eigenvalue weighted by Crippen LogP contribution is -2.36. The monoisotopic (exact) mass is 331 g/mol. The molecule has 1 saturated heterocycles. The molecule has 2 rings (SSSR count). The summed E-state index contributed by atoms with van der Waals surface area (Å²) in [5.74, 6) is 1.76. The smallest absolute Gasteiger partial charge is 0.324 e. The second-order valence-electron chi connectivity index (χ2n) is 5.96. The number of piperidine rings is 1. The third-order valence-corrected chi connectivity index (χ3v) is 4.85. The van der Waals surface area contributed by atoms with Crippen molar-refractivity contribution in [2.45, 2.75) is 39.5 Å². The van der Waals surface area contributed by atoms with Gasteiger partial charge in [-0.3, -0.25) is 4.18 Å². The van der Waals surface area contributed by atoms with E-state index >= 15 is 0 Å². The van der Waals surface area contributed by atoms with E-state index in [9.17, 15) is 8.42 Å². The van der Waals surface area contributed by atoms with E-state index < -0.39 is 10.1 Å². The summed E-state index contributed by atoms with van der Waals surface area (Å²) in [7, 11) is -3.33. The van der Waals surface area contributed by atoms with E-state index in [1.54, 1.807) is 0 Å². The molecule has 1 aromatic rings. The predicted molar refractivity (Wildman–Crippen MR) is 83.2 cm³/mol. The van der Waals surface area contributed by atoms with Crippen LogP contribution in [0.1, 0.15) is 38.9 Å². The largest absolute Gasteiger partial charge is 0.324 e. The SMILES string of the molecule is CCc1noc(N2CCC([C@H](C)CCOS(C)(=O)=O)CC2)n1. The van der Waals surface area contributed by atoms with Crippen LogP contribution in [0.2, 0.25) is 0 Å². The molecule has 1 aliphatic rings. The average Bonchev–Trinajstić information content (AvgIpc) is 2.95. The molecular weight excluding hydrogens is 306 g/mol. The van der Waals surface area contributed by atoms with Crippen molar-refractivity contribution in [3.05, 3.63) is 5.82 Å². The van der Waals surface area contributed by atoms with Crippen molar-refractivity contribution in [1.82, 2.24) is 10.1 Å². The van der Waals surface area contributed by atoms with Crippen molar-refractivity contribution in [3.8, 4) is 0 Å². The van der Waals surface area contributed by atoms with Gasteiger partial charge in [0.2, 0.25) is 0 Å². The van der Waals surface area contributed by atoms with Gasteiger partial charge in [-0.15, -0.1) is 0 Å². The Labute approximate surface area is 132 Å². The van der Waals surface area contributed by atoms with Gasteiger partial charge in [0.25, 0.3) is 10.1 Å². The number of nitrogens with zero attached hydrogens (tertiary/aromatic N) is 3. The number of hydrogen-bond donors (Lipinski definition) is 0. The van der Waals surface area contributed by atoms with Gasteiger partial charge in [-0.2, -0.15) is 13.4 Å². The highest BCUT2D eigenvalue weighted by Crippen LogP contribution is 2.29. The van der Waals surface area contributed by atoms with Gasteiger partial charge in [0, 0.05) is 19.5 Å². The summed E-state index contributed by atoms with van der Waals surface area (Å²) in [6, 6.07) is 0.614. The molecule has 0 radical (unpaired) electrons. The van der Waals surface area contributed by atoms with Crippen molar-refractivity contribution < 1.29 is 17.1 Å². The van der Waals surface area contributed by atoms with Gasteiger partial charge in [0.1, 0.15) is 0 Å². The Kier molecular flexibility index (Phi) is 5.80. The summed E-state index contributed by atoms with van der Waals surface area (Å²) in [5.41, 5.74) is 0. The molecule has 0 N–H and O–H groups in total. The van der Waals surface area contributed by atoms with Crippen molar-refractivity contribution in [1.29, 1.82) is 0 Å². The van der Waals surface area contributed by atoms with Gasteiger partial charge in [0.15, 0.2) is 5.82 Å². The molecule has 1 aromatic heterocycles. The molecule has 0 spiro atoms. The van der Waals surface area contributed by atoms with Crippen LogP contribution in [-0.2, 0) is 20.7 Å². The molecule has 0 bridgehead atoms. The highest BCUT2D eigenvalue weighted by molar-refractivity contribution is 7.85. The van der Waals surface area contributed by atoms with Crippen LogP contribution >= 0.6 is 0 Å². The van der Waals surface area contributed by atoms with Gasteiger partial charge in [-0.05, 0) is 31.1 Å². The van der Waals surface area contributed by atoms with Crippen LogP contribution < -0.4 is 4.90 Å². The molecule has 8 heteroatoms. The summed E-state index contributed by atoms with van der Waals surface area (Å²) < 4.78 is 32.0. The Morgan fingerprint density at radius 1 is 1.41 bits per heavy atom. The topological polar surface area (TPSA) is 85.5 Å². The first kappa shape index (κ1) is 17.2. The Hall–Kier alpha value is -1.15. The number of anilines is 1. The van der Waals surface area contributed by atoms with Crippen LogP contribution in [0, 0.1) is 11.8 Å². The lowest BCUT2D eigenvalue weighted by atomic mass is 9.84. The molecule has 1 fully saturated rings. The fourth-order valence-electron chi connectivity index (χ4n) is 2.80. The average molecular weight is 331 g/mol. The fraction of sp³-hybridized carbons (Fsp3) is 0.857. The summed E-state index contributed by atoms with van der Waals surface area (Å²) >= 11 is 0. The first-order valence-electron chi connectivity index (χ1n) is 7.81. The van der Waals surface area contributed by atoms with E-state index in [4.69, 9.17) is 8.71 Å². The van der Waals surface area contributed by atoms with Crippen molar-refractivity contribution in [2.75, 3.05) is 30.9 Å². The zero-order valence-corrected chi connectivity index (χ0v) is 14.3. The third kappa shape index (κ3) is 4.95. The molecule has 1 atom stereocenters. The van der Waals surface area contributed by atoms with Crippen LogP contribution in [0.15, 0.2) is 4.52 Å². The van der Waals surface area contributed by atoms with Crippen molar-refractivity contribution in [3.63, 3.8) is 0 Å². The highest BCUT2D eigenvalue weighted by atomic mass is 32.2. The first-order valence-corrected chi connectivity index (χ1v) is 9.62. The molecule has 22 heavy (non-hydrogen) atoms. The molecule has 126 valence electrons. The van der Waals surface area contributed by atoms with Crippen molar-refractivity contribution in [2.24, 2.45) is 11.8 Å². The van der Waals surface area contributed by atoms with Gasteiger partial charge in [-0.25, -0.2) is 0 Å². The normalized spacial score (nSPS) is 18.6. The minimum Gasteiger partial charge on any atom is -0.324 e.